The molecule has 0 amide bonds. The van der Waals surface area contributed by atoms with Gasteiger partial charge in [0, 0.05) is 17.4 Å². The Labute approximate surface area is 75.4 Å². The van der Waals surface area contributed by atoms with Crippen LogP contribution in [0.25, 0.3) is 0 Å². The highest BCUT2D eigenvalue weighted by Crippen LogP contribution is 2.53. The summed E-state index contributed by atoms with van der Waals surface area (Å²) in [5, 5.41) is 0. The van der Waals surface area contributed by atoms with Crippen molar-refractivity contribution in [2.24, 2.45) is 11.8 Å². The first-order valence-corrected chi connectivity index (χ1v) is 5.13. The molecule has 2 fully saturated rings. The predicted molar refractivity (Wildman–Crippen MR) is 45.7 cm³/mol. The summed E-state index contributed by atoms with van der Waals surface area (Å²) >= 11 is 3.63. The van der Waals surface area contributed by atoms with Gasteiger partial charge >= 0.3 is 0 Å². The van der Waals surface area contributed by atoms with Crippen LogP contribution in [0.2, 0.25) is 0 Å². The van der Waals surface area contributed by atoms with E-state index in [-0.39, 0.29) is 6.29 Å². The van der Waals surface area contributed by atoms with Crippen LogP contribution in [0.15, 0.2) is 0 Å². The summed E-state index contributed by atoms with van der Waals surface area (Å²) in [6.45, 7) is 3.64. The zero-order valence-corrected chi connectivity index (χ0v) is 8.21. The van der Waals surface area contributed by atoms with E-state index in [1.807, 2.05) is 6.92 Å². The molecule has 0 aromatic rings. The molecule has 1 aliphatic heterocycles. The van der Waals surface area contributed by atoms with E-state index in [2.05, 4.69) is 15.9 Å². The van der Waals surface area contributed by atoms with Gasteiger partial charge in [0.05, 0.1) is 6.61 Å². The van der Waals surface area contributed by atoms with Crippen LogP contribution in [0.3, 0.4) is 0 Å². The molecule has 1 saturated carbocycles. The summed E-state index contributed by atoms with van der Waals surface area (Å²) in [6, 6.07) is 0. The van der Waals surface area contributed by atoms with Crippen molar-refractivity contribution < 1.29 is 9.47 Å². The Morgan fingerprint density at radius 1 is 1.64 bits per heavy atom. The van der Waals surface area contributed by atoms with E-state index in [9.17, 15) is 0 Å². The van der Waals surface area contributed by atoms with Gasteiger partial charge in [-0.15, -0.1) is 0 Å². The van der Waals surface area contributed by atoms with Gasteiger partial charge in [-0.2, -0.15) is 0 Å². The molecule has 0 aromatic carbocycles. The van der Waals surface area contributed by atoms with Crippen molar-refractivity contribution in [3.05, 3.63) is 0 Å². The third-order valence-electron chi connectivity index (χ3n) is 2.51. The Bertz CT molecular complexity index is 149. The average molecular weight is 221 g/mol. The van der Waals surface area contributed by atoms with Crippen LogP contribution in [0.5, 0.6) is 0 Å². The Balaban J connectivity index is 1.90. The molecule has 2 aliphatic rings. The minimum absolute atomic E-state index is 0.0723. The third-order valence-corrected chi connectivity index (χ3v) is 3.80. The number of hydrogen-bond donors (Lipinski definition) is 0. The van der Waals surface area contributed by atoms with E-state index in [0.717, 1.165) is 19.1 Å². The Kier molecular flexibility index (Phi) is 2.21. The van der Waals surface area contributed by atoms with Gasteiger partial charge in [-0.1, -0.05) is 15.9 Å². The summed E-state index contributed by atoms with van der Waals surface area (Å²) in [6.07, 6.45) is 1.27. The van der Waals surface area contributed by atoms with E-state index >= 15 is 0 Å². The Morgan fingerprint density at radius 3 is 3.18 bits per heavy atom. The molecule has 1 heterocycles. The van der Waals surface area contributed by atoms with Crippen LogP contribution in [-0.4, -0.2) is 24.3 Å². The summed E-state index contributed by atoms with van der Waals surface area (Å²) in [5.74, 6) is 1.45. The fourth-order valence-corrected chi connectivity index (χ4v) is 2.90. The second-order valence-electron chi connectivity index (χ2n) is 3.17. The zero-order chi connectivity index (χ0) is 7.84. The smallest absolute Gasteiger partial charge is 0.161 e. The van der Waals surface area contributed by atoms with Crippen LogP contribution in [0, 0.1) is 11.8 Å². The summed E-state index contributed by atoms with van der Waals surface area (Å²) in [7, 11) is 0. The van der Waals surface area contributed by atoms with Gasteiger partial charge in [-0.05, 0) is 19.3 Å². The van der Waals surface area contributed by atoms with Crippen molar-refractivity contribution in [2.75, 3.05) is 13.2 Å². The SMILES string of the molecule is CCOC1OCCC2C(Br)C12. The van der Waals surface area contributed by atoms with Crippen molar-refractivity contribution in [1.29, 1.82) is 0 Å². The van der Waals surface area contributed by atoms with Crippen LogP contribution >= 0.6 is 15.9 Å². The van der Waals surface area contributed by atoms with E-state index in [0.29, 0.717) is 10.7 Å². The number of hydrogen-bond acceptors (Lipinski definition) is 2. The standard InChI is InChI=1S/C8H13BrO2/c1-2-10-8-6-5(7(6)9)3-4-11-8/h5-8H,2-4H2,1H3. The molecule has 0 bridgehead atoms. The lowest BCUT2D eigenvalue weighted by atomic mass is 10.2. The van der Waals surface area contributed by atoms with Crippen molar-refractivity contribution in [3.8, 4) is 0 Å². The first-order valence-electron chi connectivity index (χ1n) is 4.22. The first-order chi connectivity index (χ1) is 5.34. The van der Waals surface area contributed by atoms with Gasteiger partial charge in [0.2, 0.25) is 0 Å². The number of ether oxygens (including phenoxy) is 2. The van der Waals surface area contributed by atoms with Crippen molar-refractivity contribution in [2.45, 2.75) is 24.5 Å². The van der Waals surface area contributed by atoms with Crippen LogP contribution in [0.4, 0.5) is 0 Å². The molecule has 0 aromatic heterocycles. The van der Waals surface area contributed by atoms with Crippen LogP contribution < -0.4 is 0 Å². The molecular formula is C8H13BrO2. The van der Waals surface area contributed by atoms with E-state index in [1.54, 1.807) is 0 Å². The number of rotatable bonds is 2. The summed E-state index contributed by atoms with van der Waals surface area (Å²) in [4.78, 5) is 0.654. The molecule has 1 aliphatic carbocycles. The highest BCUT2D eigenvalue weighted by Gasteiger charge is 2.55. The quantitative estimate of drug-likeness (QED) is 0.661. The second kappa shape index (κ2) is 3.04. The largest absolute Gasteiger partial charge is 0.353 e. The van der Waals surface area contributed by atoms with Gasteiger partial charge in [0.15, 0.2) is 6.29 Å². The maximum Gasteiger partial charge on any atom is 0.161 e. The molecule has 0 radical (unpaired) electrons. The molecule has 2 rings (SSSR count). The maximum absolute atomic E-state index is 5.49. The molecule has 0 spiro atoms. The molecule has 0 N–H and O–H groups in total. The average Bonchev–Trinajstić information content (AvgIpc) is 2.65. The molecule has 4 atom stereocenters. The summed E-state index contributed by atoms with van der Waals surface area (Å²) in [5.41, 5.74) is 0. The molecule has 3 heteroatoms. The minimum Gasteiger partial charge on any atom is -0.353 e. The lowest BCUT2D eigenvalue weighted by Crippen LogP contribution is -2.25. The van der Waals surface area contributed by atoms with Crippen LogP contribution in [0.1, 0.15) is 13.3 Å². The van der Waals surface area contributed by atoms with E-state index in [1.165, 1.54) is 6.42 Å². The second-order valence-corrected chi connectivity index (χ2v) is 4.23. The van der Waals surface area contributed by atoms with Gasteiger partial charge in [-0.3, -0.25) is 0 Å². The Hall–Kier alpha value is 0.400. The third kappa shape index (κ3) is 1.34. The minimum atomic E-state index is 0.0723. The molecule has 64 valence electrons. The Morgan fingerprint density at radius 2 is 2.45 bits per heavy atom. The van der Waals surface area contributed by atoms with Gasteiger partial charge < -0.3 is 9.47 Å². The molecule has 2 nitrogen and oxygen atoms in total. The van der Waals surface area contributed by atoms with Gasteiger partial charge in [0.1, 0.15) is 0 Å². The fourth-order valence-electron chi connectivity index (χ4n) is 1.82. The highest BCUT2D eigenvalue weighted by molar-refractivity contribution is 9.09. The van der Waals surface area contributed by atoms with E-state index in [4.69, 9.17) is 9.47 Å². The monoisotopic (exact) mass is 220 g/mol. The van der Waals surface area contributed by atoms with Crippen molar-refractivity contribution in [1.82, 2.24) is 0 Å². The van der Waals surface area contributed by atoms with E-state index < -0.39 is 0 Å². The number of halogens is 1. The molecule has 1 saturated heterocycles. The molecular weight excluding hydrogens is 208 g/mol. The van der Waals surface area contributed by atoms with Gasteiger partial charge in [0.25, 0.3) is 0 Å². The predicted octanol–water partition coefficient (Wildman–Crippen LogP) is 1.78. The lowest BCUT2D eigenvalue weighted by Gasteiger charge is -2.21. The normalized spacial score (nSPS) is 48.5. The zero-order valence-electron chi connectivity index (χ0n) is 6.63. The number of alkyl halides is 1. The molecule has 11 heavy (non-hydrogen) atoms. The topological polar surface area (TPSA) is 18.5 Å². The lowest BCUT2D eigenvalue weighted by molar-refractivity contribution is -0.167. The van der Waals surface area contributed by atoms with Crippen LogP contribution in [-0.2, 0) is 9.47 Å². The number of fused-ring (bicyclic) bond motifs is 1. The maximum atomic E-state index is 5.49. The highest BCUT2D eigenvalue weighted by atomic mass is 79.9. The summed E-state index contributed by atoms with van der Waals surface area (Å²) < 4.78 is 10.9. The fraction of sp³-hybridized carbons (Fsp3) is 1.00. The molecule has 4 unspecified atom stereocenters. The van der Waals surface area contributed by atoms with Crippen molar-refractivity contribution >= 4 is 15.9 Å². The first kappa shape index (κ1) is 8.02. The van der Waals surface area contributed by atoms with Crippen molar-refractivity contribution in [3.63, 3.8) is 0 Å². The van der Waals surface area contributed by atoms with Gasteiger partial charge in [-0.25, -0.2) is 0 Å².